The zero-order chi connectivity index (χ0) is 13.2. The monoisotopic (exact) mass is 272 g/mol. The molecule has 0 bridgehead atoms. The lowest BCUT2D eigenvalue weighted by Crippen LogP contribution is -2.34. The summed E-state index contributed by atoms with van der Waals surface area (Å²) in [5.41, 5.74) is 0.475. The zero-order valence-electron chi connectivity index (χ0n) is 10.3. The van der Waals surface area contributed by atoms with Crippen LogP contribution in [0.25, 0.3) is 0 Å². The van der Waals surface area contributed by atoms with Crippen molar-refractivity contribution in [3.8, 4) is 0 Å². The van der Waals surface area contributed by atoms with Crippen LogP contribution in [0.3, 0.4) is 0 Å². The highest BCUT2D eigenvalue weighted by Crippen LogP contribution is 2.19. The van der Waals surface area contributed by atoms with E-state index in [1.165, 1.54) is 35.6 Å². The van der Waals surface area contributed by atoms with Gasteiger partial charge in [0.2, 0.25) is 10.0 Å². The molecule has 4 nitrogen and oxygen atoms in total. The SMILES string of the molecule is CN(c1ccc(F)cc1)S(=O)(=O)CCNC1CC1. The first-order chi connectivity index (χ1) is 8.49. The van der Waals surface area contributed by atoms with Crippen molar-refractivity contribution < 1.29 is 12.8 Å². The van der Waals surface area contributed by atoms with Crippen LogP contribution in [-0.4, -0.2) is 33.8 Å². The highest BCUT2D eigenvalue weighted by Gasteiger charge is 2.23. The molecule has 0 radical (unpaired) electrons. The Hall–Kier alpha value is -1.14. The smallest absolute Gasteiger partial charge is 0.236 e. The molecule has 1 N–H and O–H groups in total. The second-order valence-corrected chi connectivity index (χ2v) is 6.61. The second kappa shape index (κ2) is 5.24. The maximum Gasteiger partial charge on any atom is 0.236 e. The standard InChI is InChI=1S/C12H17FN2O2S/c1-15(12-6-2-10(13)3-7-12)18(16,17)9-8-14-11-4-5-11/h2-3,6-7,11,14H,4-5,8-9H2,1H3. The number of benzene rings is 1. The average molecular weight is 272 g/mol. The van der Waals surface area contributed by atoms with Crippen LogP contribution in [0.5, 0.6) is 0 Å². The molecule has 1 aromatic carbocycles. The molecule has 0 aliphatic heterocycles. The fourth-order valence-corrected chi connectivity index (χ4v) is 2.72. The third-order valence-electron chi connectivity index (χ3n) is 2.98. The molecule has 1 aromatic rings. The summed E-state index contributed by atoms with van der Waals surface area (Å²) in [4.78, 5) is 0. The minimum atomic E-state index is -3.35. The molecule has 0 saturated heterocycles. The summed E-state index contributed by atoms with van der Waals surface area (Å²) in [7, 11) is -1.86. The van der Waals surface area contributed by atoms with Gasteiger partial charge in [0.1, 0.15) is 5.82 Å². The van der Waals surface area contributed by atoms with Crippen LogP contribution in [0.15, 0.2) is 24.3 Å². The zero-order valence-corrected chi connectivity index (χ0v) is 11.1. The van der Waals surface area contributed by atoms with Gasteiger partial charge < -0.3 is 5.32 Å². The summed E-state index contributed by atoms with van der Waals surface area (Å²) < 4.78 is 38.0. The van der Waals surface area contributed by atoms with E-state index in [0.29, 0.717) is 18.3 Å². The van der Waals surface area contributed by atoms with Crippen LogP contribution in [0.2, 0.25) is 0 Å². The van der Waals surface area contributed by atoms with Crippen LogP contribution in [-0.2, 0) is 10.0 Å². The molecule has 0 heterocycles. The van der Waals surface area contributed by atoms with Crippen LogP contribution in [0.1, 0.15) is 12.8 Å². The van der Waals surface area contributed by atoms with E-state index in [0.717, 1.165) is 12.8 Å². The van der Waals surface area contributed by atoms with Crippen LogP contribution >= 0.6 is 0 Å². The minimum absolute atomic E-state index is 0.0530. The van der Waals surface area contributed by atoms with Gasteiger partial charge in [-0.05, 0) is 37.1 Å². The summed E-state index contributed by atoms with van der Waals surface area (Å²) >= 11 is 0. The molecule has 0 unspecified atom stereocenters. The van der Waals surface area contributed by atoms with E-state index in [1.54, 1.807) is 0 Å². The van der Waals surface area contributed by atoms with Gasteiger partial charge in [-0.15, -0.1) is 0 Å². The van der Waals surface area contributed by atoms with Crippen molar-refractivity contribution in [2.75, 3.05) is 23.7 Å². The molecule has 18 heavy (non-hydrogen) atoms. The quantitative estimate of drug-likeness (QED) is 0.850. The topological polar surface area (TPSA) is 49.4 Å². The van der Waals surface area contributed by atoms with Gasteiger partial charge in [-0.25, -0.2) is 12.8 Å². The van der Waals surface area contributed by atoms with Gasteiger partial charge in [-0.1, -0.05) is 0 Å². The third kappa shape index (κ3) is 3.43. The number of rotatable bonds is 6. The molecule has 1 aliphatic carbocycles. The Morgan fingerprint density at radius 3 is 2.50 bits per heavy atom. The lowest BCUT2D eigenvalue weighted by Gasteiger charge is -2.19. The summed E-state index contributed by atoms with van der Waals surface area (Å²) in [5, 5.41) is 3.16. The molecule has 0 amide bonds. The highest BCUT2D eigenvalue weighted by molar-refractivity contribution is 7.92. The number of halogens is 1. The first kappa shape index (κ1) is 13.3. The van der Waals surface area contributed by atoms with E-state index in [2.05, 4.69) is 5.32 Å². The lowest BCUT2D eigenvalue weighted by atomic mass is 10.3. The Labute approximate surface area is 107 Å². The Balaban J connectivity index is 1.96. The van der Waals surface area contributed by atoms with Crippen molar-refractivity contribution in [1.29, 1.82) is 0 Å². The van der Waals surface area contributed by atoms with E-state index < -0.39 is 10.0 Å². The summed E-state index contributed by atoms with van der Waals surface area (Å²) in [6.07, 6.45) is 2.27. The predicted octanol–water partition coefficient (Wildman–Crippen LogP) is 1.34. The van der Waals surface area contributed by atoms with Crippen molar-refractivity contribution in [2.45, 2.75) is 18.9 Å². The van der Waals surface area contributed by atoms with E-state index in [4.69, 9.17) is 0 Å². The number of nitrogens with one attached hydrogen (secondary N) is 1. The van der Waals surface area contributed by atoms with Gasteiger partial charge >= 0.3 is 0 Å². The number of hydrogen-bond donors (Lipinski definition) is 1. The Kier molecular flexibility index (Phi) is 3.87. The van der Waals surface area contributed by atoms with E-state index in [1.807, 2.05) is 0 Å². The molecule has 1 aliphatic rings. The molecule has 1 saturated carbocycles. The fraction of sp³-hybridized carbons (Fsp3) is 0.500. The van der Waals surface area contributed by atoms with Crippen molar-refractivity contribution in [1.82, 2.24) is 5.32 Å². The van der Waals surface area contributed by atoms with Gasteiger partial charge in [-0.2, -0.15) is 0 Å². The van der Waals surface area contributed by atoms with Gasteiger partial charge in [0.15, 0.2) is 0 Å². The molecular weight excluding hydrogens is 255 g/mol. The first-order valence-electron chi connectivity index (χ1n) is 5.94. The van der Waals surface area contributed by atoms with Gasteiger partial charge in [-0.3, -0.25) is 4.31 Å². The number of hydrogen-bond acceptors (Lipinski definition) is 3. The van der Waals surface area contributed by atoms with Crippen molar-refractivity contribution in [2.24, 2.45) is 0 Å². The summed E-state index contributed by atoms with van der Waals surface area (Å²) in [5.74, 6) is -0.322. The van der Waals surface area contributed by atoms with E-state index >= 15 is 0 Å². The van der Waals surface area contributed by atoms with Crippen LogP contribution < -0.4 is 9.62 Å². The molecule has 100 valence electrons. The van der Waals surface area contributed by atoms with Gasteiger partial charge in [0.25, 0.3) is 0 Å². The highest BCUT2D eigenvalue weighted by atomic mass is 32.2. The first-order valence-corrected chi connectivity index (χ1v) is 7.55. The molecule has 0 spiro atoms. The van der Waals surface area contributed by atoms with Crippen LogP contribution in [0, 0.1) is 5.82 Å². The molecule has 1 fully saturated rings. The number of nitrogens with zero attached hydrogens (tertiary/aromatic N) is 1. The fourth-order valence-electron chi connectivity index (χ4n) is 1.63. The maximum atomic E-state index is 12.8. The van der Waals surface area contributed by atoms with Gasteiger partial charge in [0, 0.05) is 19.6 Å². The normalized spacial score (nSPS) is 15.7. The van der Waals surface area contributed by atoms with E-state index in [9.17, 15) is 12.8 Å². The van der Waals surface area contributed by atoms with E-state index in [-0.39, 0.29) is 11.6 Å². The van der Waals surface area contributed by atoms with Gasteiger partial charge in [0.05, 0.1) is 11.4 Å². The Morgan fingerprint density at radius 1 is 1.33 bits per heavy atom. The van der Waals surface area contributed by atoms with Crippen LogP contribution in [0.4, 0.5) is 10.1 Å². The van der Waals surface area contributed by atoms with Crippen molar-refractivity contribution >= 4 is 15.7 Å². The van der Waals surface area contributed by atoms with Crippen molar-refractivity contribution in [3.05, 3.63) is 30.1 Å². The Bertz CT molecular complexity index is 497. The second-order valence-electron chi connectivity index (χ2n) is 4.49. The molecule has 2 rings (SSSR count). The molecule has 0 atom stereocenters. The summed E-state index contributed by atoms with van der Waals surface area (Å²) in [6, 6.07) is 5.92. The maximum absolute atomic E-state index is 12.8. The lowest BCUT2D eigenvalue weighted by molar-refractivity contribution is 0.588. The minimum Gasteiger partial charge on any atom is -0.313 e. The summed E-state index contributed by atoms with van der Waals surface area (Å²) in [6.45, 7) is 0.457. The Morgan fingerprint density at radius 2 is 1.94 bits per heavy atom. The number of sulfonamides is 1. The predicted molar refractivity (Wildman–Crippen MR) is 69.6 cm³/mol. The molecule has 6 heteroatoms. The number of anilines is 1. The van der Waals surface area contributed by atoms with Crippen molar-refractivity contribution in [3.63, 3.8) is 0 Å². The molecular formula is C12H17FN2O2S. The largest absolute Gasteiger partial charge is 0.313 e. The third-order valence-corrected chi connectivity index (χ3v) is 4.74. The average Bonchev–Trinajstić information content (AvgIpc) is 3.13. The molecule has 0 aromatic heterocycles.